The predicted octanol–water partition coefficient (Wildman–Crippen LogP) is 4.66. The summed E-state index contributed by atoms with van der Waals surface area (Å²) in [5.74, 6) is -0.350. The van der Waals surface area contributed by atoms with Crippen LogP contribution in [0.25, 0.3) is 0 Å². The number of benzene rings is 1. The van der Waals surface area contributed by atoms with Gasteiger partial charge in [0.05, 0.1) is 0 Å². The van der Waals surface area contributed by atoms with Crippen molar-refractivity contribution in [3.63, 3.8) is 0 Å². The van der Waals surface area contributed by atoms with Crippen LogP contribution >= 0.6 is 0 Å². The van der Waals surface area contributed by atoms with E-state index in [9.17, 15) is 8.78 Å². The van der Waals surface area contributed by atoms with Gasteiger partial charge in [0.1, 0.15) is 11.6 Å². The molecule has 1 N–H and O–H groups in total. The average molecular weight is 269 g/mol. The molecule has 0 aromatic heterocycles. The average Bonchev–Trinajstić information content (AvgIpc) is 2.34. The first-order valence-electron chi connectivity index (χ1n) is 7.20. The van der Waals surface area contributed by atoms with E-state index >= 15 is 0 Å². The summed E-state index contributed by atoms with van der Waals surface area (Å²) < 4.78 is 27.1. The maximum atomic E-state index is 13.5. The Morgan fingerprint density at radius 3 is 2.32 bits per heavy atom. The van der Waals surface area contributed by atoms with Gasteiger partial charge in [0.25, 0.3) is 0 Å². The van der Waals surface area contributed by atoms with Crippen molar-refractivity contribution < 1.29 is 8.78 Å². The molecule has 1 atom stereocenters. The SMILES string of the molecule is CCCCC(CC(C)C)NCc1c(F)cccc1F. The lowest BCUT2D eigenvalue weighted by Crippen LogP contribution is -2.30. The van der Waals surface area contributed by atoms with Crippen molar-refractivity contribution in [1.29, 1.82) is 0 Å². The third-order valence-electron chi connectivity index (χ3n) is 3.29. The molecule has 0 bridgehead atoms. The molecule has 0 amide bonds. The third-order valence-corrected chi connectivity index (χ3v) is 3.29. The van der Waals surface area contributed by atoms with Gasteiger partial charge in [-0.3, -0.25) is 0 Å². The van der Waals surface area contributed by atoms with Crippen LogP contribution in [0.5, 0.6) is 0 Å². The van der Waals surface area contributed by atoms with E-state index in [2.05, 4.69) is 26.1 Å². The minimum atomic E-state index is -0.466. The second kappa shape index (κ2) is 8.26. The van der Waals surface area contributed by atoms with Crippen LogP contribution in [0.2, 0.25) is 0 Å². The first-order valence-corrected chi connectivity index (χ1v) is 7.20. The number of halogens is 2. The summed E-state index contributed by atoms with van der Waals surface area (Å²) in [5, 5.41) is 3.30. The normalized spacial score (nSPS) is 12.9. The van der Waals surface area contributed by atoms with Gasteiger partial charge < -0.3 is 5.32 Å². The highest BCUT2D eigenvalue weighted by Crippen LogP contribution is 2.15. The number of nitrogens with one attached hydrogen (secondary N) is 1. The first kappa shape index (κ1) is 16.1. The summed E-state index contributed by atoms with van der Waals surface area (Å²) in [6.07, 6.45) is 4.38. The van der Waals surface area contributed by atoms with Gasteiger partial charge in [0.15, 0.2) is 0 Å². The first-order chi connectivity index (χ1) is 9.04. The van der Waals surface area contributed by atoms with Gasteiger partial charge in [-0.2, -0.15) is 0 Å². The zero-order valence-electron chi connectivity index (χ0n) is 12.2. The lowest BCUT2D eigenvalue weighted by molar-refractivity contribution is 0.381. The van der Waals surface area contributed by atoms with Gasteiger partial charge in [0, 0.05) is 18.2 Å². The van der Waals surface area contributed by atoms with Crippen LogP contribution in [-0.2, 0) is 6.54 Å². The van der Waals surface area contributed by atoms with Crippen LogP contribution in [0.15, 0.2) is 18.2 Å². The fourth-order valence-corrected chi connectivity index (χ4v) is 2.27. The highest BCUT2D eigenvalue weighted by molar-refractivity contribution is 5.19. The monoisotopic (exact) mass is 269 g/mol. The Morgan fingerprint density at radius 2 is 1.79 bits per heavy atom. The molecule has 0 aliphatic heterocycles. The van der Waals surface area contributed by atoms with Crippen molar-refractivity contribution in [3.05, 3.63) is 35.4 Å². The van der Waals surface area contributed by atoms with E-state index in [1.54, 1.807) is 0 Å². The second-order valence-corrected chi connectivity index (χ2v) is 5.55. The number of hydrogen-bond acceptors (Lipinski definition) is 1. The van der Waals surface area contributed by atoms with E-state index in [0.717, 1.165) is 25.7 Å². The summed E-state index contributed by atoms with van der Waals surface area (Å²) in [6.45, 7) is 6.76. The predicted molar refractivity (Wildman–Crippen MR) is 76.0 cm³/mol. The maximum absolute atomic E-state index is 13.5. The zero-order valence-corrected chi connectivity index (χ0v) is 12.2. The molecule has 1 aromatic rings. The quantitative estimate of drug-likeness (QED) is 0.723. The van der Waals surface area contributed by atoms with Crippen molar-refractivity contribution in [2.45, 2.75) is 59.0 Å². The van der Waals surface area contributed by atoms with E-state index in [4.69, 9.17) is 0 Å². The lowest BCUT2D eigenvalue weighted by Gasteiger charge is -2.21. The van der Waals surface area contributed by atoms with Gasteiger partial charge in [-0.05, 0) is 30.9 Å². The number of hydrogen-bond donors (Lipinski definition) is 1. The third kappa shape index (κ3) is 5.68. The summed E-state index contributed by atoms with van der Waals surface area (Å²) in [4.78, 5) is 0. The molecule has 108 valence electrons. The van der Waals surface area contributed by atoms with Gasteiger partial charge in [0.2, 0.25) is 0 Å². The minimum absolute atomic E-state index is 0.146. The lowest BCUT2D eigenvalue weighted by atomic mass is 9.98. The van der Waals surface area contributed by atoms with E-state index in [1.807, 2.05) is 0 Å². The fraction of sp³-hybridized carbons (Fsp3) is 0.625. The Bertz CT molecular complexity index is 357. The van der Waals surface area contributed by atoms with E-state index in [1.165, 1.54) is 18.2 Å². The Balaban J connectivity index is 2.59. The molecule has 0 saturated heterocycles. The largest absolute Gasteiger partial charge is 0.310 e. The molecule has 0 saturated carbocycles. The van der Waals surface area contributed by atoms with Crippen LogP contribution in [0.1, 0.15) is 52.0 Å². The maximum Gasteiger partial charge on any atom is 0.130 e. The van der Waals surface area contributed by atoms with Crippen molar-refractivity contribution in [1.82, 2.24) is 5.32 Å². The van der Waals surface area contributed by atoms with Crippen molar-refractivity contribution in [2.75, 3.05) is 0 Å². The van der Waals surface area contributed by atoms with E-state index < -0.39 is 11.6 Å². The molecule has 1 aromatic carbocycles. The molecule has 1 nitrogen and oxygen atoms in total. The second-order valence-electron chi connectivity index (χ2n) is 5.55. The van der Waals surface area contributed by atoms with Crippen LogP contribution < -0.4 is 5.32 Å². The summed E-state index contributed by atoms with van der Waals surface area (Å²) in [5.41, 5.74) is 0.146. The Morgan fingerprint density at radius 1 is 1.16 bits per heavy atom. The van der Waals surface area contributed by atoms with E-state index in [0.29, 0.717) is 12.0 Å². The molecule has 3 heteroatoms. The van der Waals surface area contributed by atoms with Crippen LogP contribution in [0.4, 0.5) is 8.78 Å². The van der Waals surface area contributed by atoms with E-state index in [-0.39, 0.29) is 12.1 Å². The standard InChI is InChI=1S/C16H25F2N/c1-4-5-7-13(10-12(2)3)19-11-14-15(17)8-6-9-16(14)18/h6,8-9,12-13,19H,4-5,7,10-11H2,1-3H3. The molecule has 1 unspecified atom stereocenters. The molecule has 0 radical (unpaired) electrons. The Kier molecular flexibility index (Phi) is 7.00. The van der Waals surface area contributed by atoms with Crippen LogP contribution in [-0.4, -0.2) is 6.04 Å². The molecule has 0 aliphatic carbocycles. The van der Waals surface area contributed by atoms with Crippen molar-refractivity contribution >= 4 is 0 Å². The van der Waals surface area contributed by atoms with Gasteiger partial charge in [-0.15, -0.1) is 0 Å². The Hall–Kier alpha value is -0.960. The molecule has 0 spiro atoms. The molecule has 1 rings (SSSR count). The Labute approximate surface area is 115 Å². The van der Waals surface area contributed by atoms with Crippen molar-refractivity contribution in [2.24, 2.45) is 5.92 Å². The molecule has 0 aliphatic rings. The van der Waals surface area contributed by atoms with Crippen molar-refractivity contribution in [3.8, 4) is 0 Å². The minimum Gasteiger partial charge on any atom is -0.310 e. The topological polar surface area (TPSA) is 12.0 Å². The number of unbranched alkanes of at least 4 members (excludes halogenated alkanes) is 1. The van der Waals surface area contributed by atoms with Gasteiger partial charge in [-0.1, -0.05) is 39.7 Å². The summed E-state index contributed by atoms with van der Waals surface area (Å²) in [7, 11) is 0. The van der Waals surface area contributed by atoms with Gasteiger partial charge >= 0.3 is 0 Å². The molecule has 0 fully saturated rings. The molecular weight excluding hydrogens is 244 g/mol. The zero-order chi connectivity index (χ0) is 14.3. The fourth-order valence-electron chi connectivity index (χ4n) is 2.27. The summed E-state index contributed by atoms with van der Waals surface area (Å²) in [6, 6.07) is 4.35. The summed E-state index contributed by atoms with van der Waals surface area (Å²) >= 11 is 0. The molecular formula is C16H25F2N. The van der Waals surface area contributed by atoms with Crippen LogP contribution in [0, 0.1) is 17.6 Å². The highest BCUT2D eigenvalue weighted by Gasteiger charge is 2.13. The highest BCUT2D eigenvalue weighted by atomic mass is 19.1. The molecule has 19 heavy (non-hydrogen) atoms. The van der Waals surface area contributed by atoms with Crippen LogP contribution in [0.3, 0.4) is 0 Å². The smallest absolute Gasteiger partial charge is 0.130 e. The van der Waals surface area contributed by atoms with Gasteiger partial charge in [-0.25, -0.2) is 8.78 Å². The number of rotatable bonds is 8. The molecule has 0 heterocycles.